The minimum atomic E-state index is 0.319. The predicted molar refractivity (Wildman–Crippen MR) is 91.4 cm³/mol. The summed E-state index contributed by atoms with van der Waals surface area (Å²) in [6.07, 6.45) is 5.32. The molecule has 1 heterocycles. The van der Waals surface area contributed by atoms with Crippen LogP contribution in [0.5, 0.6) is 0 Å². The first-order valence-corrected chi connectivity index (χ1v) is 8.66. The molecule has 3 heteroatoms. The molecule has 21 heavy (non-hydrogen) atoms. The van der Waals surface area contributed by atoms with Gasteiger partial charge in [-0.15, -0.1) is 0 Å². The van der Waals surface area contributed by atoms with Crippen LogP contribution >= 0.6 is 11.6 Å². The van der Waals surface area contributed by atoms with Crippen LogP contribution in [-0.4, -0.2) is 24.7 Å². The van der Waals surface area contributed by atoms with Gasteiger partial charge in [-0.05, 0) is 43.4 Å². The van der Waals surface area contributed by atoms with Crippen LogP contribution in [0.25, 0.3) is 0 Å². The molecule has 0 aromatic heterocycles. The molecule has 1 N–H and O–H groups in total. The Hall–Kier alpha value is -0.730. The Balaban J connectivity index is 1.93. The number of piperazine rings is 1. The van der Waals surface area contributed by atoms with Gasteiger partial charge in [-0.2, -0.15) is 0 Å². The summed E-state index contributed by atoms with van der Waals surface area (Å²) in [6, 6.07) is 7.01. The van der Waals surface area contributed by atoms with Crippen molar-refractivity contribution in [1.82, 2.24) is 5.32 Å². The summed E-state index contributed by atoms with van der Waals surface area (Å²) in [6.45, 7) is 8.90. The third kappa shape index (κ3) is 2.93. The normalized spacial score (nSPS) is 25.0. The monoisotopic (exact) mass is 306 g/mol. The number of anilines is 1. The van der Waals surface area contributed by atoms with E-state index in [2.05, 4.69) is 49.2 Å². The van der Waals surface area contributed by atoms with Crippen LogP contribution in [0.3, 0.4) is 0 Å². The van der Waals surface area contributed by atoms with Crippen LogP contribution in [0.4, 0.5) is 5.69 Å². The molecule has 1 saturated heterocycles. The zero-order chi connectivity index (χ0) is 15.0. The average molecular weight is 307 g/mol. The van der Waals surface area contributed by atoms with Crippen molar-refractivity contribution in [3.63, 3.8) is 0 Å². The fourth-order valence-corrected chi connectivity index (χ4v) is 4.37. The Kier molecular flexibility index (Phi) is 4.20. The number of aryl methyl sites for hydroxylation is 1. The largest absolute Gasteiger partial charge is 0.364 e. The summed E-state index contributed by atoms with van der Waals surface area (Å²) in [5.41, 5.74) is 2.77. The Labute approximate surface area is 133 Å². The highest BCUT2D eigenvalue weighted by atomic mass is 35.5. The smallest absolute Gasteiger partial charge is 0.0642 e. The molecular weight excluding hydrogens is 280 g/mol. The van der Waals surface area contributed by atoms with Crippen molar-refractivity contribution >= 4 is 17.3 Å². The molecule has 1 aromatic rings. The van der Waals surface area contributed by atoms with E-state index in [1.165, 1.54) is 36.9 Å². The van der Waals surface area contributed by atoms with E-state index < -0.39 is 0 Å². The van der Waals surface area contributed by atoms with Gasteiger partial charge < -0.3 is 10.2 Å². The van der Waals surface area contributed by atoms with Crippen LogP contribution in [0, 0.1) is 12.8 Å². The molecular formula is C18H27ClN2. The van der Waals surface area contributed by atoms with Crippen molar-refractivity contribution in [2.24, 2.45) is 5.92 Å². The topological polar surface area (TPSA) is 15.3 Å². The summed E-state index contributed by atoms with van der Waals surface area (Å²) < 4.78 is 0. The second-order valence-electron chi connectivity index (χ2n) is 7.26. The van der Waals surface area contributed by atoms with Crippen molar-refractivity contribution in [3.05, 3.63) is 28.8 Å². The minimum Gasteiger partial charge on any atom is -0.364 e. The van der Waals surface area contributed by atoms with Gasteiger partial charge in [0.15, 0.2) is 0 Å². The number of hydrogen-bond acceptors (Lipinski definition) is 2. The van der Waals surface area contributed by atoms with Crippen LogP contribution < -0.4 is 10.2 Å². The number of hydrogen-bond donors (Lipinski definition) is 1. The minimum absolute atomic E-state index is 0.319. The Bertz CT molecular complexity index is 506. The molecule has 1 saturated carbocycles. The maximum Gasteiger partial charge on any atom is 0.0642 e. The fourth-order valence-electron chi connectivity index (χ4n) is 4.02. The zero-order valence-electron chi connectivity index (χ0n) is 13.5. The molecule has 1 aromatic carbocycles. The number of nitrogens with zero attached hydrogens (tertiary/aromatic N) is 1. The molecule has 1 unspecified atom stereocenters. The highest BCUT2D eigenvalue weighted by Crippen LogP contribution is 2.38. The van der Waals surface area contributed by atoms with E-state index in [1.54, 1.807) is 0 Å². The number of nitrogens with one attached hydrogen (secondary N) is 1. The van der Waals surface area contributed by atoms with Crippen LogP contribution in [0.1, 0.15) is 45.1 Å². The maximum atomic E-state index is 6.57. The molecule has 1 aliphatic carbocycles. The summed E-state index contributed by atoms with van der Waals surface area (Å²) >= 11 is 6.57. The quantitative estimate of drug-likeness (QED) is 0.871. The van der Waals surface area contributed by atoms with Crippen LogP contribution in [0.2, 0.25) is 5.02 Å². The number of benzene rings is 1. The van der Waals surface area contributed by atoms with E-state index in [9.17, 15) is 0 Å². The standard InChI is InChI=1S/C18H27ClN2/c1-13(2)17-11-20-18(8-4-5-9-18)12-21(17)16-7-6-14(3)10-15(16)19/h6-7,10,13,17,20H,4-5,8-9,11-12H2,1-3H3. The van der Waals surface area contributed by atoms with E-state index in [0.29, 0.717) is 17.5 Å². The lowest BCUT2D eigenvalue weighted by atomic mass is 9.88. The Morgan fingerprint density at radius 3 is 2.62 bits per heavy atom. The maximum absolute atomic E-state index is 6.57. The molecule has 0 radical (unpaired) electrons. The Morgan fingerprint density at radius 2 is 2.00 bits per heavy atom. The van der Waals surface area contributed by atoms with Crippen molar-refractivity contribution in [3.8, 4) is 0 Å². The van der Waals surface area contributed by atoms with Gasteiger partial charge in [-0.1, -0.05) is 44.4 Å². The average Bonchev–Trinajstić information content (AvgIpc) is 2.86. The fraction of sp³-hybridized carbons (Fsp3) is 0.667. The molecule has 0 bridgehead atoms. The summed E-state index contributed by atoms with van der Waals surface area (Å²) in [4.78, 5) is 2.58. The number of rotatable bonds is 2. The molecule has 2 nitrogen and oxygen atoms in total. The first-order valence-electron chi connectivity index (χ1n) is 8.29. The second kappa shape index (κ2) is 5.81. The van der Waals surface area contributed by atoms with Gasteiger partial charge in [-0.25, -0.2) is 0 Å². The van der Waals surface area contributed by atoms with Gasteiger partial charge in [0.25, 0.3) is 0 Å². The van der Waals surface area contributed by atoms with Crippen molar-refractivity contribution < 1.29 is 0 Å². The summed E-state index contributed by atoms with van der Waals surface area (Å²) in [5.74, 6) is 0.619. The zero-order valence-corrected chi connectivity index (χ0v) is 14.2. The summed E-state index contributed by atoms with van der Waals surface area (Å²) in [7, 11) is 0. The van der Waals surface area contributed by atoms with Crippen molar-refractivity contribution in [2.45, 2.75) is 58.0 Å². The molecule has 2 fully saturated rings. The van der Waals surface area contributed by atoms with E-state index in [0.717, 1.165) is 18.1 Å². The van der Waals surface area contributed by atoms with E-state index in [4.69, 9.17) is 11.6 Å². The van der Waals surface area contributed by atoms with Gasteiger partial charge in [0.1, 0.15) is 0 Å². The lowest BCUT2D eigenvalue weighted by molar-refractivity contribution is 0.246. The highest BCUT2D eigenvalue weighted by molar-refractivity contribution is 6.33. The predicted octanol–water partition coefficient (Wildman–Crippen LogP) is 4.40. The molecule has 0 amide bonds. The van der Waals surface area contributed by atoms with Crippen molar-refractivity contribution in [1.29, 1.82) is 0 Å². The highest BCUT2D eigenvalue weighted by Gasteiger charge is 2.42. The lowest BCUT2D eigenvalue weighted by Gasteiger charge is -2.49. The third-order valence-corrected chi connectivity index (χ3v) is 5.61. The SMILES string of the molecule is Cc1ccc(N2CC3(CCCC3)NCC2C(C)C)c(Cl)c1. The molecule has 1 spiro atoms. The first-order chi connectivity index (χ1) is 10.0. The molecule has 1 atom stereocenters. The van der Waals surface area contributed by atoms with Crippen LogP contribution in [0.15, 0.2) is 18.2 Å². The molecule has 3 rings (SSSR count). The van der Waals surface area contributed by atoms with Gasteiger partial charge in [0.05, 0.1) is 10.7 Å². The molecule has 2 aliphatic rings. The van der Waals surface area contributed by atoms with E-state index >= 15 is 0 Å². The van der Waals surface area contributed by atoms with Crippen molar-refractivity contribution in [2.75, 3.05) is 18.0 Å². The lowest BCUT2D eigenvalue weighted by Crippen LogP contribution is -2.64. The third-order valence-electron chi connectivity index (χ3n) is 5.30. The molecule has 116 valence electrons. The Morgan fingerprint density at radius 1 is 1.29 bits per heavy atom. The number of halogens is 1. The van der Waals surface area contributed by atoms with Gasteiger partial charge in [0, 0.05) is 24.7 Å². The molecule has 1 aliphatic heterocycles. The van der Waals surface area contributed by atoms with E-state index in [-0.39, 0.29) is 0 Å². The second-order valence-corrected chi connectivity index (χ2v) is 7.67. The first kappa shape index (κ1) is 15.2. The van der Waals surface area contributed by atoms with Gasteiger partial charge in [0.2, 0.25) is 0 Å². The van der Waals surface area contributed by atoms with E-state index in [1.807, 2.05) is 0 Å². The summed E-state index contributed by atoms with van der Waals surface area (Å²) in [5, 5.41) is 4.77. The van der Waals surface area contributed by atoms with Gasteiger partial charge >= 0.3 is 0 Å². The van der Waals surface area contributed by atoms with Crippen LogP contribution in [-0.2, 0) is 0 Å². The van der Waals surface area contributed by atoms with Gasteiger partial charge in [-0.3, -0.25) is 0 Å².